The molecule has 1 amide bonds. The van der Waals surface area contributed by atoms with Crippen LogP contribution >= 0.6 is 0 Å². The Kier molecular flexibility index (Phi) is 5.02. The van der Waals surface area contributed by atoms with Gasteiger partial charge in [-0.05, 0) is 63.4 Å². The summed E-state index contributed by atoms with van der Waals surface area (Å²) >= 11 is 0. The van der Waals surface area contributed by atoms with E-state index in [9.17, 15) is 9.18 Å². The van der Waals surface area contributed by atoms with Crippen LogP contribution < -0.4 is 5.32 Å². The van der Waals surface area contributed by atoms with Crippen LogP contribution in [0.5, 0.6) is 0 Å². The highest BCUT2D eigenvalue weighted by molar-refractivity contribution is 5.76. The molecular formula is C21H30FN3O. The summed E-state index contributed by atoms with van der Waals surface area (Å²) in [6, 6.07) is 8.32. The van der Waals surface area contributed by atoms with Crippen molar-refractivity contribution in [3.63, 3.8) is 0 Å². The SMILES string of the molecule is CC(C)NC(=O)CCN1C[C@H](c2ccc(F)cc2)[C@@H]2[C@H]1C1CCN2CC1. The predicted molar refractivity (Wildman–Crippen MR) is 100 cm³/mol. The molecule has 0 aliphatic carbocycles. The fourth-order valence-corrected chi connectivity index (χ4v) is 5.44. The predicted octanol–water partition coefficient (Wildman–Crippen LogP) is 2.60. The van der Waals surface area contributed by atoms with Crippen molar-refractivity contribution in [2.45, 2.75) is 57.2 Å². The Morgan fingerprint density at radius 1 is 1.19 bits per heavy atom. The van der Waals surface area contributed by atoms with Crippen LogP contribution in [0.15, 0.2) is 24.3 Å². The number of piperidine rings is 3. The van der Waals surface area contributed by atoms with Gasteiger partial charge in [0.25, 0.3) is 0 Å². The standard InChI is InChI=1S/C21H30FN3O/c1-14(2)23-19(26)9-12-25-13-18(15-3-5-17(22)6-4-15)21-20(25)16-7-10-24(21)11-8-16/h3-6,14,16,18,20-21H,7-13H2,1-2H3,(H,23,26)/t18-,20-,21-/m1/s1. The zero-order valence-electron chi connectivity index (χ0n) is 15.8. The Hall–Kier alpha value is -1.46. The van der Waals surface area contributed by atoms with Gasteiger partial charge >= 0.3 is 0 Å². The van der Waals surface area contributed by atoms with Gasteiger partial charge in [0.1, 0.15) is 5.82 Å². The number of carbonyl (C=O) groups is 1. The smallest absolute Gasteiger partial charge is 0.221 e. The zero-order valence-corrected chi connectivity index (χ0v) is 15.8. The number of nitrogens with one attached hydrogen (secondary N) is 1. The van der Waals surface area contributed by atoms with Crippen molar-refractivity contribution in [2.24, 2.45) is 5.92 Å². The average molecular weight is 359 g/mol. The molecule has 5 rings (SSSR count). The van der Waals surface area contributed by atoms with Crippen molar-refractivity contribution < 1.29 is 9.18 Å². The molecule has 1 N–H and O–H groups in total. The van der Waals surface area contributed by atoms with Crippen LogP contribution in [0.4, 0.5) is 4.39 Å². The number of amides is 1. The van der Waals surface area contributed by atoms with Gasteiger partial charge in [0.2, 0.25) is 5.91 Å². The van der Waals surface area contributed by atoms with Crippen LogP contribution in [0.3, 0.4) is 0 Å². The summed E-state index contributed by atoms with van der Waals surface area (Å²) in [5.41, 5.74) is 1.24. The van der Waals surface area contributed by atoms with Crippen molar-refractivity contribution in [2.75, 3.05) is 26.2 Å². The van der Waals surface area contributed by atoms with E-state index in [4.69, 9.17) is 0 Å². The molecule has 0 spiro atoms. The normalized spacial score (nSPS) is 33.5. The van der Waals surface area contributed by atoms with E-state index in [0.29, 0.717) is 24.4 Å². The first-order valence-electron chi connectivity index (χ1n) is 10.1. The molecule has 0 aromatic heterocycles. The third-order valence-corrected chi connectivity index (χ3v) is 6.47. The Labute approximate surface area is 155 Å². The van der Waals surface area contributed by atoms with Gasteiger partial charge < -0.3 is 5.32 Å². The van der Waals surface area contributed by atoms with Crippen LogP contribution in [0.1, 0.15) is 44.6 Å². The number of hydrogen-bond donors (Lipinski definition) is 1. The molecule has 142 valence electrons. The Bertz CT molecular complexity index is 639. The number of rotatable bonds is 5. The number of benzene rings is 1. The molecule has 4 saturated heterocycles. The van der Waals surface area contributed by atoms with Crippen LogP contribution in [-0.4, -0.2) is 60.0 Å². The second kappa shape index (κ2) is 7.28. The summed E-state index contributed by atoms with van der Waals surface area (Å²) in [6.45, 7) is 8.17. The van der Waals surface area contributed by atoms with Gasteiger partial charge in [0, 0.05) is 43.6 Å². The summed E-state index contributed by atoms with van der Waals surface area (Å²) in [5, 5.41) is 3.00. The van der Waals surface area contributed by atoms with Crippen molar-refractivity contribution in [3.8, 4) is 0 Å². The maximum Gasteiger partial charge on any atom is 0.221 e. The molecule has 1 aromatic carbocycles. The van der Waals surface area contributed by atoms with Gasteiger partial charge in [-0.1, -0.05) is 12.1 Å². The molecule has 0 radical (unpaired) electrons. The van der Waals surface area contributed by atoms with Crippen LogP contribution in [-0.2, 0) is 4.79 Å². The van der Waals surface area contributed by atoms with E-state index in [1.807, 2.05) is 26.0 Å². The third kappa shape index (κ3) is 3.39. The van der Waals surface area contributed by atoms with E-state index in [1.54, 1.807) is 12.1 Å². The first-order chi connectivity index (χ1) is 12.5. The molecule has 4 fully saturated rings. The number of fused-ring (bicyclic) bond motifs is 2. The van der Waals surface area contributed by atoms with Crippen molar-refractivity contribution >= 4 is 5.91 Å². The lowest BCUT2D eigenvalue weighted by molar-refractivity contribution is -0.122. The lowest BCUT2D eigenvalue weighted by Crippen LogP contribution is -2.60. The van der Waals surface area contributed by atoms with Crippen molar-refractivity contribution in [1.82, 2.24) is 15.1 Å². The van der Waals surface area contributed by atoms with Gasteiger partial charge in [-0.2, -0.15) is 0 Å². The molecule has 4 aliphatic heterocycles. The molecule has 26 heavy (non-hydrogen) atoms. The molecule has 4 nitrogen and oxygen atoms in total. The summed E-state index contributed by atoms with van der Waals surface area (Å²) in [5.74, 6) is 1.12. The van der Waals surface area contributed by atoms with Gasteiger partial charge in [0.05, 0.1) is 0 Å². The molecule has 2 bridgehead atoms. The van der Waals surface area contributed by atoms with E-state index in [0.717, 1.165) is 19.0 Å². The van der Waals surface area contributed by atoms with E-state index in [-0.39, 0.29) is 17.8 Å². The molecule has 4 heterocycles. The summed E-state index contributed by atoms with van der Waals surface area (Å²) in [6.07, 6.45) is 3.10. The van der Waals surface area contributed by atoms with Crippen LogP contribution in [0, 0.1) is 11.7 Å². The maximum atomic E-state index is 13.4. The van der Waals surface area contributed by atoms with Gasteiger partial charge in [-0.25, -0.2) is 4.39 Å². The molecule has 3 atom stereocenters. The lowest BCUT2D eigenvalue weighted by atomic mass is 9.75. The van der Waals surface area contributed by atoms with Crippen molar-refractivity contribution in [3.05, 3.63) is 35.6 Å². The second-order valence-corrected chi connectivity index (χ2v) is 8.48. The molecule has 0 saturated carbocycles. The number of carbonyl (C=O) groups excluding carboxylic acids is 1. The minimum absolute atomic E-state index is 0.142. The minimum Gasteiger partial charge on any atom is -0.354 e. The summed E-state index contributed by atoms with van der Waals surface area (Å²) in [7, 11) is 0. The Balaban J connectivity index is 1.52. The highest BCUT2D eigenvalue weighted by atomic mass is 19.1. The molecule has 5 heteroatoms. The number of hydrogen-bond acceptors (Lipinski definition) is 3. The highest BCUT2D eigenvalue weighted by Gasteiger charge is 2.52. The number of likely N-dealkylation sites (tertiary alicyclic amines) is 1. The Morgan fingerprint density at radius 2 is 1.88 bits per heavy atom. The van der Waals surface area contributed by atoms with E-state index < -0.39 is 0 Å². The van der Waals surface area contributed by atoms with Gasteiger partial charge in [0.15, 0.2) is 0 Å². The monoisotopic (exact) mass is 359 g/mol. The van der Waals surface area contributed by atoms with Crippen LogP contribution in [0.25, 0.3) is 0 Å². The zero-order chi connectivity index (χ0) is 18.3. The first-order valence-corrected chi connectivity index (χ1v) is 10.1. The molecular weight excluding hydrogens is 329 g/mol. The second-order valence-electron chi connectivity index (χ2n) is 8.48. The number of halogens is 1. The van der Waals surface area contributed by atoms with Gasteiger partial charge in [-0.3, -0.25) is 14.6 Å². The fraction of sp³-hybridized carbons (Fsp3) is 0.667. The summed E-state index contributed by atoms with van der Waals surface area (Å²) < 4.78 is 13.4. The van der Waals surface area contributed by atoms with Gasteiger partial charge in [-0.15, -0.1) is 0 Å². The maximum absolute atomic E-state index is 13.4. The highest BCUT2D eigenvalue weighted by Crippen LogP contribution is 2.46. The van der Waals surface area contributed by atoms with Crippen LogP contribution in [0.2, 0.25) is 0 Å². The molecule has 1 aromatic rings. The quantitative estimate of drug-likeness (QED) is 0.878. The topological polar surface area (TPSA) is 35.6 Å². The Morgan fingerprint density at radius 3 is 2.54 bits per heavy atom. The molecule has 4 aliphatic rings. The van der Waals surface area contributed by atoms with E-state index >= 15 is 0 Å². The minimum atomic E-state index is -0.170. The van der Waals surface area contributed by atoms with E-state index in [2.05, 4.69) is 15.1 Å². The summed E-state index contributed by atoms with van der Waals surface area (Å²) in [4.78, 5) is 17.3. The average Bonchev–Trinajstić information content (AvgIpc) is 3.03. The molecule has 0 unspecified atom stereocenters. The van der Waals surface area contributed by atoms with Crippen molar-refractivity contribution in [1.29, 1.82) is 0 Å². The fourth-order valence-electron chi connectivity index (χ4n) is 5.44. The third-order valence-electron chi connectivity index (χ3n) is 6.47. The van der Waals surface area contributed by atoms with E-state index in [1.165, 1.54) is 31.5 Å². The number of nitrogens with zero attached hydrogens (tertiary/aromatic N) is 2. The lowest BCUT2D eigenvalue weighted by Gasteiger charge is -2.51. The largest absolute Gasteiger partial charge is 0.354 e. The first kappa shape index (κ1) is 17.9.